The van der Waals surface area contributed by atoms with Gasteiger partial charge in [-0.1, -0.05) is 18.2 Å². The summed E-state index contributed by atoms with van der Waals surface area (Å²) in [6, 6.07) is 6.26. The Balaban J connectivity index is 2.32. The summed E-state index contributed by atoms with van der Waals surface area (Å²) in [6.07, 6.45) is 2.52. The van der Waals surface area contributed by atoms with Crippen molar-refractivity contribution in [1.29, 1.82) is 0 Å². The Morgan fingerprint density at radius 3 is 2.69 bits per heavy atom. The van der Waals surface area contributed by atoms with Gasteiger partial charge in [-0.05, 0) is 36.8 Å². The summed E-state index contributed by atoms with van der Waals surface area (Å²) in [5.74, 6) is 0.670. The van der Waals surface area contributed by atoms with E-state index in [0.717, 1.165) is 16.8 Å². The van der Waals surface area contributed by atoms with Gasteiger partial charge in [0.1, 0.15) is 0 Å². The van der Waals surface area contributed by atoms with E-state index >= 15 is 0 Å². The van der Waals surface area contributed by atoms with E-state index in [4.69, 9.17) is 11.5 Å². The fraction of sp³-hybridized carbons (Fsp3) is 0.455. The van der Waals surface area contributed by atoms with Crippen LogP contribution in [0.25, 0.3) is 0 Å². The second kappa shape index (κ2) is 3.04. The number of rotatable bonds is 2. The van der Waals surface area contributed by atoms with Gasteiger partial charge in [-0.3, -0.25) is 0 Å². The molecule has 1 aromatic carbocycles. The van der Waals surface area contributed by atoms with E-state index in [-0.39, 0.29) is 6.04 Å². The second-order valence-corrected chi connectivity index (χ2v) is 3.94. The molecule has 2 nitrogen and oxygen atoms in total. The number of anilines is 1. The minimum atomic E-state index is 0.153. The molecule has 0 amide bonds. The molecule has 0 aromatic heterocycles. The van der Waals surface area contributed by atoms with Crippen LogP contribution >= 0.6 is 0 Å². The lowest BCUT2D eigenvalue weighted by Crippen LogP contribution is -2.14. The molecule has 1 atom stereocenters. The molecule has 0 bridgehead atoms. The molecule has 0 aliphatic heterocycles. The first-order valence-electron chi connectivity index (χ1n) is 4.80. The van der Waals surface area contributed by atoms with E-state index in [1.807, 2.05) is 25.1 Å². The predicted molar refractivity (Wildman–Crippen MR) is 55.2 cm³/mol. The zero-order chi connectivity index (χ0) is 9.42. The number of benzene rings is 1. The third kappa shape index (κ3) is 1.54. The summed E-state index contributed by atoms with van der Waals surface area (Å²) in [5, 5.41) is 0. The lowest BCUT2D eigenvalue weighted by atomic mass is 9.99. The van der Waals surface area contributed by atoms with Crippen molar-refractivity contribution in [3.63, 3.8) is 0 Å². The van der Waals surface area contributed by atoms with Gasteiger partial charge in [0, 0.05) is 11.7 Å². The van der Waals surface area contributed by atoms with E-state index in [9.17, 15) is 0 Å². The summed E-state index contributed by atoms with van der Waals surface area (Å²) >= 11 is 0. The molecule has 2 heteroatoms. The minimum Gasteiger partial charge on any atom is -0.398 e. The lowest BCUT2D eigenvalue weighted by Gasteiger charge is -2.14. The van der Waals surface area contributed by atoms with Crippen molar-refractivity contribution in [2.24, 2.45) is 11.7 Å². The molecule has 4 N–H and O–H groups in total. The zero-order valence-electron chi connectivity index (χ0n) is 7.96. The van der Waals surface area contributed by atoms with Gasteiger partial charge < -0.3 is 11.5 Å². The van der Waals surface area contributed by atoms with E-state index in [1.165, 1.54) is 12.8 Å². The highest BCUT2D eigenvalue weighted by Crippen LogP contribution is 2.41. The SMILES string of the molecule is Cc1cccc(C(N)C2CC2)c1N. The van der Waals surface area contributed by atoms with Gasteiger partial charge in [0.2, 0.25) is 0 Å². The van der Waals surface area contributed by atoms with Gasteiger partial charge in [0.05, 0.1) is 0 Å². The van der Waals surface area contributed by atoms with Crippen LogP contribution in [0.4, 0.5) is 5.69 Å². The molecule has 0 radical (unpaired) electrons. The summed E-state index contributed by atoms with van der Waals surface area (Å²) in [7, 11) is 0. The topological polar surface area (TPSA) is 52.0 Å². The van der Waals surface area contributed by atoms with Crippen molar-refractivity contribution >= 4 is 5.69 Å². The second-order valence-electron chi connectivity index (χ2n) is 3.94. The average Bonchev–Trinajstić information content (AvgIpc) is 2.91. The highest BCUT2D eigenvalue weighted by molar-refractivity contribution is 5.54. The molecule has 0 saturated heterocycles. The summed E-state index contributed by atoms with van der Waals surface area (Å²) < 4.78 is 0. The summed E-state index contributed by atoms with van der Waals surface area (Å²) in [6.45, 7) is 2.03. The van der Waals surface area contributed by atoms with Gasteiger partial charge in [-0.2, -0.15) is 0 Å². The maximum absolute atomic E-state index is 6.09. The monoisotopic (exact) mass is 176 g/mol. The summed E-state index contributed by atoms with van der Waals surface area (Å²) in [5.41, 5.74) is 15.2. The number of aryl methyl sites for hydroxylation is 1. The van der Waals surface area contributed by atoms with Crippen molar-refractivity contribution in [3.8, 4) is 0 Å². The quantitative estimate of drug-likeness (QED) is 0.677. The van der Waals surface area contributed by atoms with Crippen LogP contribution < -0.4 is 11.5 Å². The highest BCUT2D eigenvalue weighted by atomic mass is 14.7. The Morgan fingerprint density at radius 1 is 1.38 bits per heavy atom. The molecule has 0 heterocycles. The largest absolute Gasteiger partial charge is 0.398 e. The molecular weight excluding hydrogens is 160 g/mol. The minimum absolute atomic E-state index is 0.153. The molecule has 70 valence electrons. The van der Waals surface area contributed by atoms with Gasteiger partial charge in [0.15, 0.2) is 0 Å². The van der Waals surface area contributed by atoms with Crippen molar-refractivity contribution in [3.05, 3.63) is 29.3 Å². The van der Waals surface area contributed by atoms with Crippen molar-refractivity contribution in [1.82, 2.24) is 0 Å². The number of hydrogen-bond donors (Lipinski definition) is 2. The lowest BCUT2D eigenvalue weighted by molar-refractivity contribution is 0.635. The van der Waals surface area contributed by atoms with Crippen LogP contribution in [0.5, 0.6) is 0 Å². The molecule has 0 spiro atoms. The zero-order valence-corrected chi connectivity index (χ0v) is 7.96. The van der Waals surface area contributed by atoms with Gasteiger partial charge in [-0.15, -0.1) is 0 Å². The normalized spacial score (nSPS) is 18.6. The third-order valence-electron chi connectivity index (χ3n) is 2.85. The summed E-state index contributed by atoms with van der Waals surface area (Å²) in [4.78, 5) is 0. The molecule has 1 unspecified atom stereocenters. The first kappa shape index (κ1) is 8.57. The molecule has 1 aliphatic carbocycles. The van der Waals surface area contributed by atoms with E-state index in [0.29, 0.717) is 5.92 Å². The Kier molecular flexibility index (Phi) is 2.00. The van der Waals surface area contributed by atoms with Crippen LogP contribution in [0.3, 0.4) is 0 Å². The maximum atomic E-state index is 6.09. The van der Waals surface area contributed by atoms with Gasteiger partial charge in [-0.25, -0.2) is 0 Å². The van der Waals surface area contributed by atoms with Crippen LogP contribution in [-0.2, 0) is 0 Å². The number of nitrogen functional groups attached to an aromatic ring is 1. The Hall–Kier alpha value is -1.02. The van der Waals surface area contributed by atoms with E-state index in [1.54, 1.807) is 0 Å². The Labute approximate surface area is 78.9 Å². The number of para-hydroxylation sites is 1. The van der Waals surface area contributed by atoms with Crippen LogP contribution in [0.15, 0.2) is 18.2 Å². The molecular formula is C11H16N2. The van der Waals surface area contributed by atoms with Gasteiger partial charge in [0.25, 0.3) is 0 Å². The first-order valence-corrected chi connectivity index (χ1v) is 4.80. The van der Waals surface area contributed by atoms with E-state index < -0.39 is 0 Å². The van der Waals surface area contributed by atoms with Crippen LogP contribution in [0.1, 0.15) is 30.0 Å². The predicted octanol–water partition coefficient (Wildman–Crippen LogP) is 1.99. The van der Waals surface area contributed by atoms with Crippen molar-refractivity contribution < 1.29 is 0 Å². The van der Waals surface area contributed by atoms with Gasteiger partial charge >= 0.3 is 0 Å². The maximum Gasteiger partial charge on any atom is 0.0392 e. The molecule has 1 fully saturated rings. The van der Waals surface area contributed by atoms with Crippen molar-refractivity contribution in [2.45, 2.75) is 25.8 Å². The van der Waals surface area contributed by atoms with Crippen LogP contribution in [-0.4, -0.2) is 0 Å². The third-order valence-corrected chi connectivity index (χ3v) is 2.85. The molecule has 1 aliphatic rings. The first-order chi connectivity index (χ1) is 6.20. The van der Waals surface area contributed by atoms with Crippen LogP contribution in [0.2, 0.25) is 0 Å². The van der Waals surface area contributed by atoms with Crippen molar-refractivity contribution in [2.75, 3.05) is 5.73 Å². The molecule has 1 saturated carbocycles. The molecule has 13 heavy (non-hydrogen) atoms. The van der Waals surface area contributed by atoms with E-state index in [2.05, 4.69) is 0 Å². The van der Waals surface area contributed by atoms with Crippen LogP contribution in [0, 0.1) is 12.8 Å². The highest BCUT2D eigenvalue weighted by Gasteiger charge is 2.30. The standard InChI is InChI=1S/C11H16N2/c1-7-3-2-4-9(10(7)12)11(13)8-5-6-8/h2-4,8,11H,5-6,12-13H2,1H3. The Morgan fingerprint density at radius 2 is 2.08 bits per heavy atom. The molecule has 1 aromatic rings. The fourth-order valence-corrected chi connectivity index (χ4v) is 1.70. The average molecular weight is 176 g/mol. The fourth-order valence-electron chi connectivity index (χ4n) is 1.70. The molecule has 2 rings (SSSR count). The smallest absolute Gasteiger partial charge is 0.0392 e. The Bertz CT molecular complexity index is 316. The number of nitrogens with two attached hydrogens (primary N) is 2. The number of hydrogen-bond acceptors (Lipinski definition) is 2.